The second kappa shape index (κ2) is 5.94. The molecule has 4 unspecified atom stereocenters. The summed E-state index contributed by atoms with van der Waals surface area (Å²) in [6.07, 6.45) is 5.64. The predicted octanol–water partition coefficient (Wildman–Crippen LogP) is 2.18. The molecule has 0 aromatic carbocycles. The fourth-order valence-electron chi connectivity index (χ4n) is 4.24. The largest absolute Gasteiger partial charge is 0.311 e. The third kappa shape index (κ3) is 3.05. The Kier molecular flexibility index (Phi) is 4.40. The molecule has 2 aliphatic heterocycles. The van der Waals surface area contributed by atoms with Crippen LogP contribution in [0.4, 0.5) is 0 Å². The van der Waals surface area contributed by atoms with Crippen molar-refractivity contribution in [1.82, 2.24) is 15.1 Å². The summed E-state index contributed by atoms with van der Waals surface area (Å²) in [6.45, 7) is 11.0. The van der Waals surface area contributed by atoms with E-state index in [0.717, 1.165) is 36.0 Å². The van der Waals surface area contributed by atoms with Crippen molar-refractivity contribution in [2.75, 3.05) is 26.7 Å². The van der Waals surface area contributed by atoms with Crippen LogP contribution in [-0.2, 0) is 0 Å². The van der Waals surface area contributed by atoms with Gasteiger partial charge in [-0.05, 0) is 58.0 Å². The molecule has 0 spiro atoms. The van der Waals surface area contributed by atoms with Crippen molar-refractivity contribution in [2.24, 2.45) is 11.8 Å². The fourth-order valence-corrected chi connectivity index (χ4v) is 4.24. The lowest BCUT2D eigenvalue weighted by Gasteiger charge is -2.49. The first-order chi connectivity index (χ1) is 9.56. The monoisotopic (exact) mass is 279 g/mol. The molecule has 3 fully saturated rings. The second-order valence-corrected chi connectivity index (χ2v) is 7.87. The molecule has 116 valence electrons. The van der Waals surface area contributed by atoms with E-state index in [1.807, 2.05) is 0 Å². The maximum atomic E-state index is 3.85. The zero-order valence-electron chi connectivity index (χ0n) is 13.8. The quantitative estimate of drug-likeness (QED) is 0.854. The molecule has 3 rings (SSSR count). The molecular weight excluding hydrogens is 246 g/mol. The molecule has 0 bridgehead atoms. The Morgan fingerprint density at radius 1 is 1.15 bits per heavy atom. The van der Waals surface area contributed by atoms with E-state index in [-0.39, 0.29) is 0 Å². The molecule has 3 heteroatoms. The van der Waals surface area contributed by atoms with Crippen molar-refractivity contribution in [3.05, 3.63) is 0 Å². The summed E-state index contributed by atoms with van der Waals surface area (Å²) in [5, 5.41) is 3.85. The first-order valence-electron chi connectivity index (χ1n) is 8.75. The van der Waals surface area contributed by atoms with E-state index in [1.54, 1.807) is 0 Å². The summed E-state index contributed by atoms with van der Waals surface area (Å²) in [5.41, 5.74) is 0. The molecule has 1 saturated carbocycles. The van der Waals surface area contributed by atoms with Crippen molar-refractivity contribution in [2.45, 2.75) is 70.6 Å². The number of hydrogen-bond acceptors (Lipinski definition) is 3. The van der Waals surface area contributed by atoms with Gasteiger partial charge in [-0.15, -0.1) is 0 Å². The SMILES string of the molecule is CC(C)C1CNC(C2CC2)CN1C1CCN(C)C(C)C1. The third-order valence-electron chi connectivity index (χ3n) is 6.03. The molecule has 0 amide bonds. The molecule has 4 atom stereocenters. The first-order valence-corrected chi connectivity index (χ1v) is 8.75. The fraction of sp³-hybridized carbons (Fsp3) is 1.00. The maximum absolute atomic E-state index is 3.85. The van der Waals surface area contributed by atoms with Gasteiger partial charge in [0.05, 0.1) is 0 Å². The maximum Gasteiger partial charge on any atom is 0.0247 e. The highest BCUT2D eigenvalue weighted by molar-refractivity contribution is 4.98. The first kappa shape index (κ1) is 14.8. The number of nitrogens with one attached hydrogen (secondary N) is 1. The lowest BCUT2D eigenvalue weighted by atomic mass is 9.90. The van der Waals surface area contributed by atoms with E-state index in [2.05, 4.69) is 42.9 Å². The number of piperazine rings is 1. The number of piperidine rings is 1. The van der Waals surface area contributed by atoms with Gasteiger partial charge in [0.15, 0.2) is 0 Å². The summed E-state index contributed by atoms with van der Waals surface area (Å²) < 4.78 is 0. The van der Waals surface area contributed by atoms with Gasteiger partial charge >= 0.3 is 0 Å². The molecular formula is C17H33N3. The minimum atomic E-state index is 0.741. The average Bonchev–Trinajstić information content (AvgIpc) is 3.25. The molecule has 0 aromatic rings. The topological polar surface area (TPSA) is 18.5 Å². The van der Waals surface area contributed by atoms with Gasteiger partial charge in [0.2, 0.25) is 0 Å². The van der Waals surface area contributed by atoms with Gasteiger partial charge in [-0.1, -0.05) is 13.8 Å². The van der Waals surface area contributed by atoms with Crippen LogP contribution in [0.25, 0.3) is 0 Å². The molecule has 20 heavy (non-hydrogen) atoms. The van der Waals surface area contributed by atoms with Crippen LogP contribution in [0.3, 0.4) is 0 Å². The number of rotatable bonds is 3. The van der Waals surface area contributed by atoms with Crippen LogP contribution >= 0.6 is 0 Å². The highest BCUT2D eigenvalue weighted by atomic mass is 15.3. The van der Waals surface area contributed by atoms with Crippen LogP contribution in [0.5, 0.6) is 0 Å². The minimum Gasteiger partial charge on any atom is -0.311 e. The van der Waals surface area contributed by atoms with E-state index in [9.17, 15) is 0 Å². The summed E-state index contributed by atoms with van der Waals surface area (Å²) in [6, 6.07) is 3.08. The van der Waals surface area contributed by atoms with Gasteiger partial charge < -0.3 is 10.2 Å². The number of likely N-dealkylation sites (tertiary alicyclic amines) is 1. The van der Waals surface area contributed by atoms with Crippen molar-refractivity contribution in [3.8, 4) is 0 Å². The average molecular weight is 279 g/mol. The molecule has 1 N–H and O–H groups in total. The Hall–Kier alpha value is -0.120. The van der Waals surface area contributed by atoms with E-state index in [1.165, 1.54) is 45.3 Å². The molecule has 0 aromatic heterocycles. The Labute approximate surface area is 125 Å². The molecule has 2 heterocycles. The Morgan fingerprint density at radius 2 is 1.90 bits per heavy atom. The summed E-state index contributed by atoms with van der Waals surface area (Å²) in [7, 11) is 2.28. The van der Waals surface area contributed by atoms with Crippen LogP contribution in [-0.4, -0.2) is 60.6 Å². The molecule has 3 nitrogen and oxygen atoms in total. The summed E-state index contributed by atoms with van der Waals surface area (Å²) in [4.78, 5) is 5.43. The molecule has 1 aliphatic carbocycles. The zero-order chi connectivity index (χ0) is 14.3. The van der Waals surface area contributed by atoms with E-state index >= 15 is 0 Å². The molecule has 0 radical (unpaired) electrons. The predicted molar refractivity (Wildman–Crippen MR) is 85.0 cm³/mol. The standard InChI is InChI=1S/C17H33N3/c1-12(2)17-10-18-16(14-5-6-14)11-20(17)15-7-8-19(4)13(3)9-15/h12-18H,5-11H2,1-4H3. The number of hydrogen-bond donors (Lipinski definition) is 1. The van der Waals surface area contributed by atoms with Crippen LogP contribution in [0, 0.1) is 11.8 Å². The van der Waals surface area contributed by atoms with Crippen molar-refractivity contribution in [3.63, 3.8) is 0 Å². The third-order valence-corrected chi connectivity index (χ3v) is 6.03. The van der Waals surface area contributed by atoms with Gasteiger partial charge in [0, 0.05) is 37.3 Å². The van der Waals surface area contributed by atoms with Gasteiger partial charge in [0.1, 0.15) is 0 Å². The van der Waals surface area contributed by atoms with Gasteiger partial charge in [-0.25, -0.2) is 0 Å². The Morgan fingerprint density at radius 3 is 2.50 bits per heavy atom. The van der Waals surface area contributed by atoms with Gasteiger partial charge in [0.25, 0.3) is 0 Å². The van der Waals surface area contributed by atoms with Crippen molar-refractivity contribution in [1.29, 1.82) is 0 Å². The molecule has 3 aliphatic rings. The highest BCUT2D eigenvalue weighted by Crippen LogP contribution is 2.36. The second-order valence-electron chi connectivity index (χ2n) is 7.87. The lowest BCUT2D eigenvalue weighted by molar-refractivity contribution is 0.0113. The van der Waals surface area contributed by atoms with Gasteiger partial charge in [-0.3, -0.25) is 4.90 Å². The van der Waals surface area contributed by atoms with Gasteiger partial charge in [-0.2, -0.15) is 0 Å². The zero-order valence-corrected chi connectivity index (χ0v) is 13.8. The van der Waals surface area contributed by atoms with E-state index in [0.29, 0.717) is 0 Å². The summed E-state index contributed by atoms with van der Waals surface area (Å²) in [5.74, 6) is 1.74. The van der Waals surface area contributed by atoms with E-state index in [4.69, 9.17) is 0 Å². The van der Waals surface area contributed by atoms with Crippen LogP contribution < -0.4 is 5.32 Å². The molecule has 2 saturated heterocycles. The normalized spacial score (nSPS) is 41.2. The van der Waals surface area contributed by atoms with Crippen molar-refractivity contribution >= 4 is 0 Å². The minimum absolute atomic E-state index is 0.741. The highest BCUT2D eigenvalue weighted by Gasteiger charge is 2.41. The van der Waals surface area contributed by atoms with Crippen LogP contribution in [0.2, 0.25) is 0 Å². The Bertz CT molecular complexity index is 326. The van der Waals surface area contributed by atoms with Crippen molar-refractivity contribution < 1.29 is 0 Å². The number of nitrogens with zero attached hydrogens (tertiary/aromatic N) is 2. The lowest BCUT2D eigenvalue weighted by Crippen LogP contribution is -2.63. The Balaban J connectivity index is 1.68. The van der Waals surface area contributed by atoms with Crippen LogP contribution in [0.1, 0.15) is 46.5 Å². The smallest absolute Gasteiger partial charge is 0.0247 e. The van der Waals surface area contributed by atoms with E-state index < -0.39 is 0 Å². The van der Waals surface area contributed by atoms with Crippen LogP contribution in [0.15, 0.2) is 0 Å². The summed E-state index contributed by atoms with van der Waals surface area (Å²) >= 11 is 0.